The summed E-state index contributed by atoms with van der Waals surface area (Å²) >= 11 is 0. The molecule has 0 amide bonds. The smallest absolute Gasteiger partial charge is 0.119 e. The van der Waals surface area contributed by atoms with Crippen LogP contribution in [0.25, 0.3) is 0 Å². The van der Waals surface area contributed by atoms with Crippen LogP contribution in [0.5, 0.6) is 5.75 Å². The van der Waals surface area contributed by atoms with Crippen molar-refractivity contribution in [3.8, 4) is 5.75 Å². The second kappa shape index (κ2) is 6.95. The van der Waals surface area contributed by atoms with E-state index in [9.17, 15) is 5.11 Å². The van der Waals surface area contributed by atoms with E-state index in [4.69, 9.17) is 10.5 Å². The Hall–Kier alpha value is -1.26. The first-order valence-corrected chi connectivity index (χ1v) is 7.48. The lowest BCUT2D eigenvalue weighted by Gasteiger charge is -2.22. The van der Waals surface area contributed by atoms with Crippen molar-refractivity contribution in [3.63, 3.8) is 0 Å². The van der Waals surface area contributed by atoms with Gasteiger partial charge in [-0.3, -0.25) is 0 Å². The average Bonchev–Trinajstić information content (AvgIpc) is 2.58. The van der Waals surface area contributed by atoms with Gasteiger partial charge in [0.2, 0.25) is 0 Å². The van der Waals surface area contributed by atoms with Crippen LogP contribution in [0.3, 0.4) is 0 Å². The van der Waals surface area contributed by atoms with Gasteiger partial charge in [0.15, 0.2) is 0 Å². The number of anilines is 1. The summed E-state index contributed by atoms with van der Waals surface area (Å²) in [6.07, 6.45) is 3.86. The molecule has 1 saturated heterocycles. The summed E-state index contributed by atoms with van der Waals surface area (Å²) in [7, 11) is 0. The number of nitrogen functional groups attached to an aromatic ring is 1. The molecule has 1 atom stereocenters. The van der Waals surface area contributed by atoms with Gasteiger partial charge in [0, 0.05) is 18.8 Å². The maximum atomic E-state index is 10.1. The van der Waals surface area contributed by atoms with Gasteiger partial charge in [-0.05, 0) is 63.4 Å². The Morgan fingerprint density at radius 3 is 2.75 bits per heavy atom. The second-order valence-electron chi connectivity index (χ2n) is 5.96. The molecule has 0 aromatic heterocycles. The van der Waals surface area contributed by atoms with Crippen molar-refractivity contribution in [2.45, 2.75) is 38.2 Å². The van der Waals surface area contributed by atoms with E-state index in [-0.39, 0.29) is 0 Å². The monoisotopic (exact) mass is 278 g/mol. The molecule has 112 valence electrons. The molecule has 0 aliphatic carbocycles. The van der Waals surface area contributed by atoms with Crippen LogP contribution in [0.4, 0.5) is 5.69 Å². The van der Waals surface area contributed by atoms with Crippen molar-refractivity contribution < 1.29 is 9.84 Å². The number of likely N-dealkylation sites (tertiary alicyclic amines) is 1. The summed E-state index contributed by atoms with van der Waals surface area (Å²) in [5.74, 6) is 0.873. The van der Waals surface area contributed by atoms with Gasteiger partial charge in [0.1, 0.15) is 5.75 Å². The van der Waals surface area contributed by atoms with Gasteiger partial charge in [-0.2, -0.15) is 0 Å². The number of ether oxygens (including phenoxy) is 1. The molecule has 0 radical (unpaired) electrons. The van der Waals surface area contributed by atoms with Crippen LogP contribution in [0.2, 0.25) is 0 Å². The fourth-order valence-electron chi connectivity index (χ4n) is 2.59. The standard InChI is InChI=1S/C16H26N2O2/c1-16(19)8-2-10-18(12-9-16)11-3-13-20-15-6-4-14(17)5-7-15/h4-7,19H,2-3,8-13,17H2,1H3. The topological polar surface area (TPSA) is 58.7 Å². The van der Waals surface area contributed by atoms with E-state index in [1.807, 2.05) is 31.2 Å². The van der Waals surface area contributed by atoms with Crippen LogP contribution in [-0.4, -0.2) is 41.8 Å². The van der Waals surface area contributed by atoms with Crippen LogP contribution in [0, 0.1) is 0 Å². The Kier molecular flexibility index (Phi) is 5.26. The molecular weight excluding hydrogens is 252 g/mol. The average molecular weight is 278 g/mol. The number of hydrogen-bond acceptors (Lipinski definition) is 4. The zero-order valence-corrected chi connectivity index (χ0v) is 12.3. The maximum Gasteiger partial charge on any atom is 0.119 e. The third kappa shape index (κ3) is 5.02. The minimum atomic E-state index is -0.477. The summed E-state index contributed by atoms with van der Waals surface area (Å²) in [4.78, 5) is 2.42. The van der Waals surface area contributed by atoms with Crippen LogP contribution < -0.4 is 10.5 Å². The van der Waals surface area contributed by atoms with E-state index in [1.54, 1.807) is 0 Å². The van der Waals surface area contributed by atoms with Gasteiger partial charge >= 0.3 is 0 Å². The number of benzene rings is 1. The maximum absolute atomic E-state index is 10.1. The summed E-state index contributed by atoms with van der Waals surface area (Å²) in [6.45, 7) is 5.76. The molecule has 1 fully saturated rings. The third-order valence-electron chi connectivity index (χ3n) is 3.92. The fraction of sp³-hybridized carbons (Fsp3) is 0.625. The molecule has 4 nitrogen and oxygen atoms in total. The van der Waals surface area contributed by atoms with E-state index in [2.05, 4.69) is 4.90 Å². The first-order valence-electron chi connectivity index (χ1n) is 7.48. The van der Waals surface area contributed by atoms with Crippen molar-refractivity contribution in [2.24, 2.45) is 0 Å². The molecule has 1 aliphatic rings. The quantitative estimate of drug-likeness (QED) is 0.641. The zero-order valence-electron chi connectivity index (χ0n) is 12.3. The molecule has 4 heteroatoms. The van der Waals surface area contributed by atoms with Gasteiger partial charge in [0.25, 0.3) is 0 Å². The van der Waals surface area contributed by atoms with Crippen molar-refractivity contribution in [1.82, 2.24) is 4.90 Å². The molecule has 1 heterocycles. The Labute approximate surface area is 121 Å². The van der Waals surface area contributed by atoms with E-state index in [1.165, 1.54) is 0 Å². The minimum Gasteiger partial charge on any atom is -0.494 e. The molecule has 0 bridgehead atoms. The van der Waals surface area contributed by atoms with Crippen molar-refractivity contribution in [3.05, 3.63) is 24.3 Å². The van der Waals surface area contributed by atoms with E-state index >= 15 is 0 Å². The summed E-state index contributed by atoms with van der Waals surface area (Å²) in [6, 6.07) is 7.51. The lowest BCUT2D eigenvalue weighted by Crippen LogP contribution is -2.29. The molecule has 1 aromatic rings. The molecule has 2 rings (SSSR count). The second-order valence-corrected chi connectivity index (χ2v) is 5.96. The predicted molar refractivity (Wildman–Crippen MR) is 81.9 cm³/mol. The number of rotatable bonds is 5. The van der Waals surface area contributed by atoms with Gasteiger partial charge in [0.05, 0.1) is 12.2 Å². The van der Waals surface area contributed by atoms with Gasteiger partial charge in [-0.15, -0.1) is 0 Å². The third-order valence-corrected chi connectivity index (χ3v) is 3.92. The van der Waals surface area contributed by atoms with Crippen LogP contribution in [0.15, 0.2) is 24.3 Å². The Morgan fingerprint density at radius 1 is 1.25 bits per heavy atom. The Balaban J connectivity index is 1.64. The number of nitrogens with zero attached hydrogens (tertiary/aromatic N) is 1. The lowest BCUT2D eigenvalue weighted by atomic mass is 9.98. The highest BCUT2D eigenvalue weighted by Gasteiger charge is 2.24. The number of hydrogen-bond donors (Lipinski definition) is 2. The molecule has 20 heavy (non-hydrogen) atoms. The first-order chi connectivity index (χ1) is 9.55. The largest absolute Gasteiger partial charge is 0.494 e. The SMILES string of the molecule is CC1(O)CCCN(CCCOc2ccc(N)cc2)CC1. The highest BCUT2D eigenvalue weighted by molar-refractivity contribution is 5.41. The lowest BCUT2D eigenvalue weighted by molar-refractivity contribution is 0.0445. The van der Waals surface area contributed by atoms with Crippen LogP contribution >= 0.6 is 0 Å². The normalized spacial score (nSPS) is 24.3. The molecule has 0 saturated carbocycles. The summed E-state index contributed by atoms with van der Waals surface area (Å²) in [5.41, 5.74) is 5.91. The molecule has 1 aliphatic heterocycles. The first kappa shape index (κ1) is 15.1. The number of nitrogens with two attached hydrogens (primary N) is 1. The molecule has 1 aromatic carbocycles. The van der Waals surface area contributed by atoms with E-state index < -0.39 is 5.60 Å². The van der Waals surface area contributed by atoms with Gasteiger partial charge in [-0.1, -0.05) is 0 Å². The van der Waals surface area contributed by atoms with Gasteiger partial charge in [-0.25, -0.2) is 0 Å². The van der Waals surface area contributed by atoms with Crippen molar-refractivity contribution in [1.29, 1.82) is 0 Å². The predicted octanol–water partition coefficient (Wildman–Crippen LogP) is 2.27. The highest BCUT2D eigenvalue weighted by atomic mass is 16.5. The summed E-state index contributed by atoms with van der Waals surface area (Å²) in [5, 5.41) is 10.1. The molecular formula is C16H26N2O2. The van der Waals surface area contributed by atoms with E-state index in [0.29, 0.717) is 0 Å². The summed E-state index contributed by atoms with van der Waals surface area (Å²) < 4.78 is 5.69. The van der Waals surface area contributed by atoms with Crippen LogP contribution in [0.1, 0.15) is 32.6 Å². The molecule has 3 N–H and O–H groups in total. The molecule has 1 unspecified atom stereocenters. The minimum absolute atomic E-state index is 0.477. The molecule has 0 spiro atoms. The van der Waals surface area contributed by atoms with E-state index in [0.717, 1.165) is 63.4 Å². The highest BCUT2D eigenvalue weighted by Crippen LogP contribution is 2.21. The number of aliphatic hydroxyl groups is 1. The van der Waals surface area contributed by atoms with Gasteiger partial charge < -0.3 is 20.5 Å². The fourth-order valence-corrected chi connectivity index (χ4v) is 2.59. The Bertz CT molecular complexity index is 403. The van der Waals surface area contributed by atoms with Crippen molar-refractivity contribution >= 4 is 5.69 Å². The van der Waals surface area contributed by atoms with Crippen molar-refractivity contribution in [2.75, 3.05) is 32.0 Å². The Morgan fingerprint density at radius 2 is 2.00 bits per heavy atom. The van der Waals surface area contributed by atoms with Crippen LogP contribution in [-0.2, 0) is 0 Å². The zero-order chi connectivity index (χ0) is 14.4.